The highest BCUT2D eigenvalue weighted by atomic mass is 32.2. The molecular formula is C13H15N3O5S. The molecule has 1 saturated heterocycles. The van der Waals surface area contributed by atoms with Crippen LogP contribution in [0.4, 0.5) is 5.69 Å². The first-order valence-electron chi connectivity index (χ1n) is 6.64. The summed E-state index contributed by atoms with van der Waals surface area (Å²) < 4.78 is 32.1. The monoisotopic (exact) mass is 325 g/mol. The minimum absolute atomic E-state index is 0.191. The number of para-hydroxylation sites is 1. The Morgan fingerprint density at radius 2 is 2.00 bits per heavy atom. The van der Waals surface area contributed by atoms with Crippen LogP contribution in [0.1, 0.15) is 10.5 Å². The number of carboxylic acid groups (broad SMARTS) is 1. The summed E-state index contributed by atoms with van der Waals surface area (Å²) in [5.74, 6) is -1.34. The Balaban J connectivity index is 2.26. The largest absolute Gasteiger partial charge is 0.477 e. The van der Waals surface area contributed by atoms with E-state index in [-0.39, 0.29) is 42.3 Å². The number of benzene rings is 1. The number of nitrogen functional groups attached to an aromatic ring is 1. The molecule has 0 bridgehead atoms. The Morgan fingerprint density at radius 1 is 1.32 bits per heavy atom. The fraction of sp³-hybridized carbons (Fsp3) is 0.308. The van der Waals surface area contributed by atoms with Crippen molar-refractivity contribution < 1.29 is 23.1 Å². The second-order valence-corrected chi connectivity index (χ2v) is 6.80. The van der Waals surface area contributed by atoms with E-state index >= 15 is 0 Å². The summed E-state index contributed by atoms with van der Waals surface area (Å²) >= 11 is 0. The number of hydrogen-bond donors (Lipinski definition) is 3. The summed E-state index contributed by atoms with van der Waals surface area (Å²) in [5, 5.41) is 9.62. The van der Waals surface area contributed by atoms with Crippen LogP contribution in [-0.2, 0) is 14.8 Å². The predicted molar refractivity (Wildman–Crippen MR) is 79.2 cm³/mol. The Morgan fingerprint density at radius 3 is 2.64 bits per heavy atom. The second kappa shape index (κ2) is 5.27. The van der Waals surface area contributed by atoms with E-state index in [0.29, 0.717) is 11.2 Å². The Kier molecular flexibility index (Phi) is 3.55. The van der Waals surface area contributed by atoms with Gasteiger partial charge in [-0.2, -0.15) is 4.31 Å². The van der Waals surface area contributed by atoms with E-state index in [1.165, 1.54) is 4.31 Å². The number of aromatic carboxylic acids is 1. The summed E-state index contributed by atoms with van der Waals surface area (Å²) in [6.45, 7) is 0.949. The van der Waals surface area contributed by atoms with Gasteiger partial charge < -0.3 is 20.6 Å². The number of fused-ring (bicyclic) bond motifs is 1. The zero-order valence-electron chi connectivity index (χ0n) is 11.6. The smallest absolute Gasteiger partial charge is 0.353 e. The second-order valence-electron chi connectivity index (χ2n) is 4.92. The summed E-state index contributed by atoms with van der Waals surface area (Å²) in [5.41, 5.74) is 6.04. The molecule has 1 fully saturated rings. The van der Waals surface area contributed by atoms with Crippen LogP contribution in [0.25, 0.3) is 10.9 Å². The van der Waals surface area contributed by atoms with Crippen LogP contribution in [0.15, 0.2) is 23.1 Å². The highest BCUT2D eigenvalue weighted by Crippen LogP contribution is 2.32. The number of rotatable bonds is 3. The van der Waals surface area contributed by atoms with Crippen molar-refractivity contribution >= 4 is 32.6 Å². The molecule has 4 N–H and O–H groups in total. The van der Waals surface area contributed by atoms with E-state index in [1.54, 1.807) is 18.2 Å². The molecule has 0 aliphatic carbocycles. The highest BCUT2D eigenvalue weighted by Gasteiger charge is 2.34. The van der Waals surface area contributed by atoms with Gasteiger partial charge in [-0.1, -0.05) is 12.1 Å². The van der Waals surface area contributed by atoms with E-state index in [4.69, 9.17) is 10.5 Å². The highest BCUT2D eigenvalue weighted by molar-refractivity contribution is 7.89. The molecule has 1 aliphatic rings. The number of nitrogens with zero attached hydrogens (tertiary/aromatic N) is 1. The molecule has 1 aromatic heterocycles. The number of ether oxygens (including phenoxy) is 1. The third kappa shape index (κ3) is 2.23. The molecule has 0 unspecified atom stereocenters. The molecule has 0 saturated carbocycles. The first-order chi connectivity index (χ1) is 10.4. The van der Waals surface area contributed by atoms with Crippen molar-refractivity contribution in [1.29, 1.82) is 0 Å². The molecule has 9 heteroatoms. The maximum Gasteiger partial charge on any atom is 0.353 e. The van der Waals surface area contributed by atoms with Crippen molar-refractivity contribution in [3.63, 3.8) is 0 Å². The fourth-order valence-electron chi connectivity index (χ4n) is 2.55. The normalized spacial score (nSPS) is 16.9. The van der Waals surface area contributed by atoms with Crippen LogP contribution >= 0.6 is 0 Å². The number of carboxylic acids is 1. The minimum Gasteiger partial charge on any atom is -0.477 e. The molecule has 0 spiro atoms. The van der Waals surface area contributed by atoms with Gasteiger partial charge in [-0.05, 0) is 6.07 Å². The van der Waals surface area contributed by atoms with Gasteiger partial charge in [-0.25, -0.2) is 13.2 Å². The Hall–Kier alpha value is -2.10. The van der Waals surface area contributed by atoms with Gasteiger partial charge in [-0.3, -0.25) is 0 Å². The van der Waals surface area contributed by atoms with Crippen LogP contribution in [0.3, 0.4) is 0 Å². The summed E-state index contributed by atoms with van der Waals surface area (Å²) in [4.78, 5) is 13.8. The van der Waals surface area contributed by atoms with Gasteiger partial charge >= 0.3 is 5.97 Å². The number of aromatic nitrogens is 1. The van der Waals surface area contributed by atoms with Gasteiger partial charge in [-0.15, -0.1) is 0 Å². The molecule has 0 amide bonds. The summed E-state index contributed by atoms with van der Waals surface area (Å²) in [6, 6.07) is 4.72. The maximum absolute atomic E-state index is 12.8. The van der Waals surface area contributed by atoms with Crippen molar-refractivity contribution in [3.8, 4) is 0 Å². The average molecular weight is 325 g/mol. The third-order valence-corrected chi connectivity index (χ3v) is 5.59. The first kappa shape index (κ1) is 14.8. The van der Waals surface area contributed by atoms with Gasteiger partial charge in [0.05, 0.1) is 24.4 Å². The van der Waals surface area contributed by atoms with Gasteiger partial charge in [0.2, 0.25) is 10.0 Å². The lowest BCUT2D eigenvalue weighted by Crippen LogP contribution is -2.41. The number of carbonyl (C=O) groups is 1. The van der Waals surface area contributed by atoms with Gasteiger partial charge in [0.15, 0.2) is 0 Å². The molecular weight excluding hydrogens is 310 g/mol. The zero-order chi connectivity index (χ0) is 15.9. The van der Waals surface area contributed by atoms with Crippen molar-refractivity contribution in [2.75, 3.05) is 32.0 Å². The van der Waals surface area contributed by atoms with Crippen molar-refractivity contribution in [2.24, 2.45) is 0 Å². The topological polar surface area (TPSA) is 126 Å². The van der Waals surface area contributed by atoms with Crippen LogP contribution in [0, 0.1) is 0 Å². The number of anilines is 1. The van der Waals surface area contributed by atoms with E-state index < -0.39 is 16.0 Å². The quantitative estimate of drug-likeness (QED) is 0.704. The predicted octanol–water partition coefficient (Wildman–Crippen LogP) is 0.469. The van der Waals surface area contributed by atoms with E-state index in [1.807, 2.05) is 0 Å². The molecule has 2 aromatic rings. The third-order valence-electron chi connectivity index (χ3n) is 3.60. The van der Waals surface area contributed by atoms with E-state index in [0.717, 1.165) is 0 Å². The van der Waals surface area contributed by atoms with Gasteiger partial charge in [0.25, 0.3) is 0 Å². The van der Waals surface area contributed by atoms with Crippen LogP contribution in [0.2, 0.25) is 0 Å². The number of nitrogens with one attached hydrogen (secondary N) is 1. The molecule has 8 nitrogen and oxygen atoms in total. The van der Waals surface area contributed by atoms with Crippen LogP contribution in [-0.4, -0.2) is 55.1 Å². The number of nitrogens with two attached hydrogens (primary N) is 1. The number of H-pyrrole nitrogens is 1. The minimum atomic E-state index is -3.95. The zero-order valence-corrected chi connectivity index (χ0v) is 12.4. The maximum atomic E-state index is 12.8. The molecule has 0 atom stereocenters. The SMILES string of the molecule is Nc1cccc2c(S(=O)(=O)N3CCOCC3)c(C(=O)O)[nH]c12. The van der Waals surface area contributed by atoms with Gasteiger partial charge in [0.1, 0.15) is 10.6 Å². The standard InChI is InChI=1S/C13H15N3O5S/c14-9-3-1-2-8-10(9)15-11(13(17)18)12(8)22(19,20)16-4-6-21-7-5-16/h1-3,15H,4-7,14H2,(H,17,18). The number of sulfonamides is 1. The number of hydrogen-bond acceptors (Lipinski definition) is 5. The van der Waals surface area contributed by atoms with Crippen LogP contribution in [0.5, 0.6) is 0 Å². The summed E-state index contributed by atoms with van der Waals surface area (Å²) in [7, 11) is -3.95. The number of aromatic amines is 1. The molecule has 0 radical (unpaired) electrons. The van der Waals surface area contributed by atoms with Crippen molar-refractivity contribution in [3.05, 3.63) is 23.9 Å². The Labute approximate surface area is 126 Å². The fourth-order valence-corrected chi connectivity index (χ4v) is 4.28. The Bertz CT molecular complexity index is 837. The lowest BCUT2D eigenvalue weighted by molar-refractivity contribution is 0.0683. The van der Waals surface area contributed by atoms with Crippen LogP contribution < -0.4 is 5.73 Å². The molecule has 1 aliphatic heterocycles. The summed E-state index contributed by atoms with van der Waals surface area (Å²) in [6.07, 6.45) is 0. The molecule has 118 valence electrons. The van der Waals surface area contributed by atoms with E-state index in [9.17, 15) is 18.3 Å². The molecule has 22 heavy (non-hydrogen) atoms. The average Bonchev–Trinajstić information content (AvgIpc) is 2.90. The molecule has 2 heterocycles. The van der Waals surface area contributed by atoms with Crippen molar-refractivity contribution in [2.45, 2.75) is 4.90 Å². The lowest BCUT2D eigenvalue weighted by Gasteiger charge is -2.26. The van der Waals surface area contributed by atoms with Crippen molar-refractivity contribution in [1.82, 2.24) is 9.29 Å². The van der Waals surface area contributed by atoms with E-state index in [2.05, 4.69) is 4.98 Å². The molecule has 3 rings (SSSR count). The molecule has 1 aromatic carbocycles. The van der Waals surface area contributed by atoms with Gasteiger partial charge in [0, 0.05) is 18.5 Å². The first-order valence-corrected chi connectivity index (χ1v) is 8.08. The number of morpholine rings is 1. The lowest BCUT2D eigenvalue weighted by atomic mass is 10.2.